The van der Waals surface area contributed by atoms with E-state index in [0.29, 0.717) is 0 Å². The van der Waals surface area contributed by atoms with Gasteiger partial charge in [-0.15, -0.1) is 0 Å². The first-order chi connectivity index (χ1) is 29.8. The zero-order valence-corrected chi connectivity index (χ0v) is 32.7. The van der Waals surface area contributed by atoms with Crippen LogP contribution in [0.4, 0.5) is 17.1 Å². The molecule has 280 valence electrons. The maximum atomic E-state index is 6.58. The number of para-hydroxylation sites is 1. The normalized spacial score (nSPS) is 11.7. The van der Waals surface area contributed by atoms with Gasteiger partial charge in [-0.05, 0) is 96.5 Å². The van der Waals surface area contributed by atoms with Crippen LogP contribution in [0.2, 0.25) is 0 Å². The molecule has 0 saturated carbocycles. The molecule has 12 rings (SSSR count). The monoisotopic (exact) mass is 763 g/mol. The van der Waals surface area contributed by atoms with Crippen LogP contribution in [0.25, 0.3) is 98.4 Å². The molecule has 0 bridgehead atoms. The highest BCUT2D eigenvalue weighted by Gasteiger charge is 2.21. The highest BCUT2D eigenvalue weighted by molar-refractivity contribution is 6.17. The van der Waals surface area contributed by atoms with Crippen LogP contribution in [0.5, 0.6) is 0 Å². The summed E-state index contributed by atoms with van der Waals surface area (Å²) in [5, 5.41) is 12.0. The molecule has 12 aromatic rings. The predicted molar refractivity (Wildman–Crippen MR) is 255 cm³/mol. The summed E-state index contributed by atoms with van der Waals surface area (Å²) in [4.78, 5) is 2.46. The molecule has 0 radical (unpaired) electrons. The lowest BCUT2D eigenvalue weighted by Gasteiger charge is -2.29. The summed E-state index contributed by atoms with van der Waals surface area (Å²) in [5.41, 5.74) is 12.2. The molecule has 11 aromatic carbocycles. The van der Waals surface area contributed by atoms with Gasteiger partial charge in [0, 0.05) is 32.8 Å². The Morgan fingerprint density at radius 3 is 1.67 bits per heavy atom. The van der Waals surface area contributed by atoms with Gasteiger partial charge >= 0.3 is 0 Å². The number of furan rings is 1. The van der Waals surface area contributed by atoms with Crippen molar-refractivity contribution in [1.29, 1.82) is 0 Å². The summed E-state index contributed by atoms with van der Waals surface area (Å²) in [5.74, 6) is 0. The van der Waals surface area contributed by atoms with E-state index in [-0.39, 0.29) is 0 Å². The van der Waals surface area contributed by atoms with Crippen molar-refractivity contribution < 1.29 is 4.42 Å². The maximum Gasteiger partial charge on any atom is 0.143 e. The molecular formula is C58H37NO. The molecule has 0 N–H and O–H groups in total. The fourth-order valence-electron chi connectivity index (χ4n) is 9.44. The van der Waals surface area contributed by atoms with Crippen molar-refractivity contribution in [3.05, 3.63) is 224 Å². The van der Waals surface area contributed by atoms with Crippen molar-refractivity contribution in [2.24, 2.45) is 0 Å². The van der Waals surface area contributed by atoms with Crippen molar-refractivity contribution in [2.45, 2.75) is 0 Å². The minimum Gasteiger partial charge on any atom is -0.455 e. The molecular weight excluding hydrogens is 727 g/mol. The zero-order chi connectivity index (χ0) is 39.6. The molecule has 60 heavy (non-hydrogen) atoms. The van der Waals surface area contributed by atoms with Crippen molar-refractivity contribution in [2.75, 3.05) is 4.90 Å². The summed E-state index contributed by atoms with van der Waals surface area (Å²) < 4.78 is 6.58. The molecule has 0 amide bonds. The standard InChI is InChI=1S/C58H37NO/c1-2-14-39(15-3-1)48-26-13-27-53-54-36-42(30-35-57(54)60-58(48)53)47-33-34-55(51-23-10-8-22-50(47)51)59(56-37-41-17-5-7-20-46(41)49-21-9-11-24-52(49)56)43-31-28-40(29-32-43)45-25-12-18-38-16-4-6-19-44(38)45/h1-37H. The number of fused-ring (bicyclic) bond motifs is 8. The Morgan fingerprint density at radius 1 is 0.283 bits per heavy atom. The van der Waals surface area contributed by atoms with Crippen LogP contribution in [0.1, 0.15) is 0 Å². The van der Waals surface area contributed by atoms with Crippen molar-refractivity contribution in [3.63, 3.8) is 0 Å². The smallest absolute Gasteiger partial charge is 0.143 e. The Labute approximate surface area is 347 Å². The number of nitrogens with zero attached hydrogens (tertiary/aromatic N) is 1. The SMILES string of the molecule is c1ccc(-c2cccc3c2oc2ccc(-c4ccc(N(c5ccc(-c6cccc7ccccc67)cc5)c5cc6ccccc6c6ccccc56)c5ccccc45)cc23)cc1. The summed E-state index contributed by atoms with van der Waals surface area (Å²) in [6, 6.07) is 81.3. The lowest BCUT2D eigenvalue weighted by atomic mass is 9.94. The fraction of sp³-hybridized carbons (Fsp3) is 0. The Hall–Kier alpha value is -7.94. The molecule has 2 nitrogen and oxygen atoms in total. The van der Waals surface area contributed by atoms with E-state index in [9.17, 15) is 0 Å². The van der Waals surface area contributed by atoms with E-state index in [1.165, 1.54) is 59.8 Å². The van der Waals surface area contributed by atoms with E-state index in [1.54, 1.807) is 0 Å². The number of anilines is 3. The van der Waals surface area contributed by atoms with Crippen LogP contribution in [0, 0.1) is 0 Å². The second-order valence-corrected chi connectivity index (χ2v) is 15.6. The van der Waals surface area contributed by atoms with Gasteiger partial charge in [-0.1, -0.05) is 188 Å². The fourth-order valence-corrected chi connectivity index (χ4v) is 9.44. The van der Waals surface area contributed by atoms with E-state index < -0.39 is 0 Å². The highest BCUT2D eigenvalue weighted by Crippen LogP contribution is 2.47. The molecule has 1 heterocycles. The van der Waals surface area contributed by atoms with Crippen LogP contribution in [-0.4, -0.2) is 0 Å². The third-order valence-corrected chi connectivity index (χ3v) is 12.2. The molecule has 0 atom stereocenters. The van der Waals surface area contributed by atoms with Crippen LogP contribution < -0.4 is 4.90 Å². The molecule has 0 aliphatic heterocycles. The lowest BCUT2D eigenvalue weighted by molar-refractivity contribution is 0.670. The van der Waals surface area contributed by atoms with E-state index in [4.69, 9.17) is 4.42 Å². The first kappa shape index (κ1) is 34.1. The van der Waals surface area contributed by atoms with Crippen LogP contribution in [0.3, 0.4) is 0 Å². The molecule has 1 aromatic heterocycles. The lowest BCUT2D eigenvalue weighted by Crippen LogP contribution is -2.11. The summed E-state index contributed by atoms with van der Waals surface area (Å²) >= 11 is 0. The van der Waals surface area contributed by atoms with Gasteiger partial charge < -0.3 is 9.32 Å². The third kappa shape index (κ3) is 5.50. The molecule has 0 saturated heterocycles. The topological polar surface area (TPSA) is 16.4 Å². The number of hydrogen-bond donors (Lipinski definition) is 0. The Balaban J connectivity index is 1.06. The first-order valence-electron chi connectivity index (χ1n) is 20.6. The molecule has 0 fully saturated rings. The highest BCUT2D eigenvalue weighted by atomic mass is 16.3. The van der Waals surface area contributed by atoms with E-state index in [2.05, 4.69) is 229 Å². The van der Waals surface area contributed by atoms with Gasteiger partial charge in [0.1, 0.15) is 11.2 Å². The summed E-state index contributed by atoms with van der Waals surface area (Å²) in [6.07, 6.45) is 0. The summed E-state index contributed by atoms with van der Waals surface area (Å²) in [6.45, 7) is 0. The van der Waals surface area contributed by atoms with E-state index in [1.807, 2.05) is 0 Å². The van der Waals surface area contributed by atoms with Crippen molar-refractivity contribution in [1.82, 2.24) is 0 Å². The van der Waals surface area contributed by atoms with E-state index >= 15 is 0 Å². The van der Waals surface area contributed by atoms with Crippen LogP contribution in [0.15, 0.2) is 229 Å². The molecule has 0 aliphatic rings. The maximum absolute atomic E-state index is 6.58. The summed E-state index contributed by atoms with van der Waals surface area (Å²) in [7, 11) is 0. The number of benzene rings is 11. The Kier molecular flexibility index (Phi) is 7.89. The Morgan fingerprint density at radius 2 is 0.850 bits per heavy atom. The molecule has 0 aliphatic carbocycles. The van der Waals surface area contributed by atoms with Crippen molar-refractivity contribution >= 4 is 82.1 Å². The molecule has 2 heteroatoms. The predicted octanol–water partition coefficient (Wildman–Crippen LogP) is 16.7. The number of hydrogen-bond acceptors (Lipinski definition) is 2. The van der Waals surface area contributed by atoms with Crippen molar-refractivity contribution in [3.8, 4) is 33.4 Å². The third-order valence-electron chi connectivity index (χ3n) is 12.2. The van der Waals surface area contributed by atoms with Gasteiger partial charge in [0.05, 0.1) is 11.4 Å². The second kappa shape index (κ2) is 13.9. The average Bonchev–Trinajstić information content (AvgIpc) is 3.70. The van der Waals surface area contributed by atoms with Gasteiger partial charge in [-0.25, -0.2) is 0 Å². The molecule has 0 unspecified atom stereocenters. The number of rotatable bonds is 6. The minimum atomic E-state index is 0.888. The zero-order valence-electron chi connectivity index (χ0n) is 32.7. The molecule has 0 spiro atoms. The second-order valence-electron chi connectivity index (χ2n) is 15.6. The Bertz CT molecular complexity index is 3590. The van der Waals surface area contributed by atoms with Gasteiger partial charge in [-0.3, -0.25) is 0 Å². The first-order valence-corrected chi connectivity index (χ1v) is 20.6. The van der Waals surface area contributed by atoms with Gasteiger partial charge in [0.25, 0.3) is 0 Å². The average molecular weight is 764 g/mol. The quantitative estimate of drug-likeness (QED) is 0.157. The van der Waals surface area contributed by atoms with Gasteiger partial charge in [0.15, 0.2) is 0 Å². The van der Waals surface area contributed by atoms with E-state index in [0.717, 1.165) is 55.7 Å². The van der Waals surface area contributed by atoms with Gasteiger partial charge in [0.2, 0.25) is 0 Å². The van der Waals surface area contributed by atoms with Crippen LogP contribution >= 0.6 is 0 Å². The van der Waals surface area contributed by atoms with Gasteiger partial charge in [-0.2, -0.15) is 0 Å². The van der Waals surface area contributed by atoms with Crippen LogP contribution in [-0.2, 0) is 0 Å². The largest absolute Gasteiger partial charge is 0.455 e. The minimum absolute atomic E-state index is 0.888.